The van der Waals surface area contributed by atoms with Crippen LogP contribution in [0, 0.1) is 0 Å². The Morgan fingerprint density at radius 1 is 1.31 bits per heavy atom. The van der Waals surface area contributed by atoms with Crippen molar-refractivity contribution in [3.8, 4) is 0 Å². The second-order valence-electron chi connectivity index (χ2n) is 4.74. The van der Waals surface area contributed by atoms with Gasteiger partial charge in [-0.25, -0.2) is 0 Å². The van der Waals surface area contributed by atoms with Gasteiger partial charge in [0.1, 0.15) is 0 Å². The number of hydrogen-bond acceptors (Lipinski definition) is 2. The first-order valence-corrected chi connectivity index (χ1v) is 4.39. The number of Topliss-reactive ketones (excluding diaryl/α,β-unsaturated/α-hetero) is 1. The van der Waals surface area contributed by atoms with Crippen LogP contribution < -0.4 is 0 Å². The first-order chi connectivity index (χ1) is 5.69. The van der Waals surface area contributed by atoms with Crippen LogP contribution in [0.25, 0.3) is 0 Å². The molecule has 0 aromatic heterocycles. The maximum Gasteiger partial charge on any atom is 0.162 e. The van der Waals surface area contributed by atoms with Crippen LogP contribution in [0.4, 0.5) is 0 Å². The Kier molecular flexibility index (Phi) is 2.13. The third kappa shape index (κ3) is 1.42. The van der Waals surface area contributed by atoms with Crippen LogP contribution in [0.15, 0.2) is 12.2 Å². The summed E-state index contributed by atoms with van der Waals surface area (Å²) in [6.45, 7) is 10.7. The number of rotatable bonds is 0. The second-order valence-corrected chi connectivity index (χ2v) is 4.74. The van der Waals surface area contributed by atoms with Crippen LogP contribution >= 0.6 is 0 Å². The summed E-state index contributed by atoms with van der Waals surface area (Å²) in [6.07, 6.45) is 0.263. The number of hydroxylamine groups is 2. The highest BCUT2D eigenvalue weighted by atomic mass is 16.5. The summed E-state index contributed by atoms with van der Waals surface area (Å²) >= 11 is 0. The van der Waals surface area contributed by atoms with Gasteiger partial charge < -0.3 is 0 Å². The second kappa shape index (κ2) is 2.66. The van der Waals surface area contributed by atoms with E-state index < -0.39 is 11.1 Å². The van der Waals surface area contributed by atoms with Gasteiger partial charge in [0.2, 0.25) is 0 Å². The van der Waals surface area contributed by atoms with Crippen LogP contribution in [0.2, 0.25) is 0 Å². The van der Waals surface area contributed by atoms with Gasteiger partial charge in [-0.05, 0) is 27.7 Å². The molecule has 0 aromatic rings. The molecule has 1 rings (SSSR count). The Morgan fingerprint density at radius 2 is 1.77 bits per heavy atom. The molecule has 0 saturated carbocycles. The van der Waals surface area contributed by atoms with Gasteiger partial charge >= 0.3 is 0 Å². The highest BCUT2D eigenvalue weighted by Crippen LogP contribution is 2.37. The Hall–Kier alpha value is -0.670. The summed E-state index contributed by atoms with van der Waals surface area (Å²) in [4.78, 5) is 11.5. The van der Waals surface area contributed by atoms with Gasteiger partial charge in [0.25, 0.3) is 0 Å². The molecular weight excluding hydrogens is 166 g/mol. The molecule has 0 bridgehead atoms. The van der Waals surface area contributed by atoms with Crippen molar-refractivity contribution in [2.45, 2.75) is 45.2 Å². The quantitative estimate of drug-likeness (QED) is 0.535. The fourth-order valence-electron chi connectivity index (χ4n) is 1.79. The fraction of sp³-hybridized carbons (Fsp3) is 0.700. The molecule has 1 saturated heterocycles. The zero-order valence-corrected chi connectivity index (χ0v) is 8.68. The highest BCUT2D eigenvalue weighted by Gasteiger charge is 2.48. The summed E-state index contributed by atoms with van der Waals surface area (Å²) in [7, 11) is 0. The fourth-order valence-corrected chi connectivity index (χ4v) is 1.79. The molecule has 1 radical (unpaired) electrons. The lowest BCUT2D eigenvalue weighted by Gasteiger charge is -2.46. The molecule has 1 heterocycles. The third-order valence-electron chi connectivity index (χ3n) is 2.73. The molecule has 0 aromatic carbocycles. The Balaban J connectivity index is 3.10. The molecule has 0 unspecified atom stereocenters. The number of nitrogens with zero attached hydrogens (tertiary/aromatic N) is 1. The predicted octanol–water partition coefficient (Wildman–Crippen LogP) is 1.72. The van der Waals surface area contributed by atoms with Crippen molar-refractivity contribution in [2.75, 3.05) is 0 Å². The smallest absolute Gasteiger partial charge is 0.162 e. The lowest BCUT2D eigenvalue weighted by Crippen LogP contribution is -2.59. The third-order valence-corrected chi connectivity index (χ3v) is 2.73. The van der Waals surface area contributed by atoms with Crippen molar-refractivity contribution in [2.24, 2.45) is 0 Å². The number of hydrogen-bond donors (Lipinski definition) is 0. The number of carbonyl (C=O) groups is 1. The molecule has 0 spiro atoms. The molecule has 73 valence electrons. The monoisotopic (exact) mass is 182 g/mol. The van der Waals surface area contributed by atoms with Crippen molar-refractivity contribution in [3.05, 3.63) is 12.2 Å². The van der Waals surface area contributed by atoms with Crippen molar-refractivity contribution in [1.82, 2.24) is 5.06 Å². The van der Waals surface area contributed by atoms with Crippen LogP contribution in [0.3, 0.4) is 0 Å². The first-order valence-electron chi connectivity index (χ1n) is 4.39. The van der Waals surface area contributed by atoms with E-state index in [-0.39, 0.29) is 12.2 Å². The van der Waals surface area contributed by atoms with Crippen LogP contribution in [-0.2, 0) is 10.0 Å². The molecule has 1 aliphatic rings. The molecule has 0 aliphatic carbocycles. The summed E-state index contributed by atoms with van der Waals surface area (Å²) in [5.74, 6) is 0.00194. The van der Waals surface area contributed by atoms with E-state index in [2.05, 4.69) is 6.58 Å². The van der Waals surface area contributed by atoms with E-state index in [0.717, 1.165) is 5.06 Å². The molecule has 13 heavy (non-hydrogen) atoms. The van der Waals surface area contributed by atoms with E-state index in [1.165, 1.54) is 0 Å². The number of piperidine rings is 1. The molecule has 3 heteroatoms. The topological polar surface area (TPSA) is 40.2 Å². The van der Waals surface area contributed by atoms with E-state index in [9.17, 15) is 10.0 Å². The Morgan fingerprint density at radius 3 is 2.23 bits per heavy atom. The molecular formula is C10H16NO2. The normalized spacial score (nSPS) is 27.8. The average molecular weight is 182 g/mol. The van der Waals surface area contributed by atoms with Crippen molar-refractivity contribution < 1.29 is 10.0 Å². The zero-order chi connectivity index (χ0) is 10.4. The predicted molar refractivity (Wildman–Crippen MR) is 49.4 cm³/mol. The molecule has 1 aliphatic heterocycles. The van der Waals surface area contributed by atoms with Crippen molar-refractivity contribution in [1.29, 1.82) is 0 Å². The largest absolute Gasteiger partial charge is 0.294 e. The number of carbonyl (C=O) groups excluding carboxylic acids is 1. The summed E-state index contributed by atoms with van der Waals surface area (Å²) in [6, 6.07) is 0. The maximum absolute atomic E-state index is 11.8. The lowest BCUT2D eigenvalue weighted by atomic mass is 9.78. The Labute approximate surface area is 79.0 Å². The highest BCUT2D eigenvalue weighted by molar-refractivity contribution is 5.98. The molecule has 0 N–H and O–H groups in total. The summed E-state index contributed by atoms with van der Waals surface area (Å²) < 4.78 is 0. The van der Waals surface area contributed by atoms with E-state index >= 15 is 0 Å². The lowest BCUT2D eigenvalue weighted by molar-refractivity contribution is -0.268. The maximum atomic E-state index is 11.8. The summed E-state index contributed by atoms with van der Waals surface area (Å²) in [5.41, 5.74) is -0.956. The molecule has 0 amide bonds. The van der Waals surface area contributed by atoms with Gasteiger partial charge in [0.05, 0.1) is 11.1 Å². The van der Waals surface area contributed by atoms with Gasteiger partial charge in [-0.1, -0.05) is 6.58 Å². The minimum absolute atomic E-state index is 0.00194. The Bertz CT molecular complexity index is 266. The van der Waals surface area contributed by atoms with Gasteiger partial charge in [-0.3, -0.25) is 4.79 Å². The van der Waals surface area contributed by atoms with E-state index in [1.807, 2.05) is 0 Å². The van der Waals surface area contributed by atoms with Gasteiger partial charge in [0, 0.05) is 12.0 Å². The molecule has 0 atom stereocenters. The minimum Gasteiger partial charge on any atom is -0.294 e. The SMILES string of the molecule is C=C1C(=O)CC(C)(C)N([O])C1(C)C. The van der Waals surface area contributed by atoms with Gasteiger partial charge in [0.15, 0.2) is 5.78 Å². The number of ketones is 1. The van der Waals surface area contributed by atoms with Crippen LogP contribution in [-0.4, -0.2) is 21.9 Å². The van der Waals surface area contributed by atoms with Gasteiger partial charge in [-0.15, -0.1) is 10.3 Å². The first kappa shape index (κ1) is 10.4. The standard InChI is InChI=1S/C10H16NO2/c1-7-8(12)6-9(2,3)11(13)10(7,4)5/h1,6H2,2-5H3. The van der Waals surface area contributed by atoms with Crippen molar-refractivity contribution >= 4 is 5.78 Å². The van der Waals surface area contributed by atoms with Crippen LogP contribution in [0.5, 0.6) is 0 Å². The molecule has 3 nitrogen and oxygen atoms in total. The van der Waals surface area contributed by atoms with E-state index in [1.54, 1.807) is 27.7 Å². The van der Waals surface area contributed by atoms with Crippen molar-refractivity contribution in [3.63, 3.8) is 0 Å². The van der Waals surface area contributed by atoms with E-state index in [0.29, 0.717) is 5.57 Å². The van der Waals surface area contributed by atoms with Crippen LogP contribution in [0.1, 0.15) is 34.1 Å². The van der Waals surface area contributed by atoms with E-state index in [4.69, 9.17) is 0 Å². The average Bonchev–Trinajstić information content (AvgIpc) is 1.98. The minimum atomic E-state index is -0.765. The zero-order valence-electron chi connectivity index (χ0n) is 8.68. The molecule has 1 fully saturated rings. The van der Waals surface area contributed by atoms with Gasteiger partial charge in [-0.2, -0.15) is 0 Å². The summed E-state index contributed by atoms with van der Waals surface area (Å²) in [5, 5.41) is 12.8.